The first-order valence-electron chi connectivity index (χ1n) is 10.8. The highest BCUT2D eigenvalue weighted by molar-refractivity contribution is 7.13. The monoisotopic (exact) mass is 466 g/mol. The Balaban J connectivity index is 1.35. The number of carbonyl (C=O) groups is 1. The van der Waals surface area contributed by atoms with Crippen molar-refractivity contribution in [3.8, 4) is 16.3 Å². The Morgan fingerprint density at radius 1 is 0.971 bits per heavy atom. The quantitative estimate of drug-likeness (QED) is 0.310. The summed E-state index contributed by atoms with van der Waals surface area (Å²) in [5, 5.41) is 9.71. The lowest BCUT2D eigenvalue weighted by Crippen LogP contribution is -2.12. The zero-order valence-electron chi connectivity index (χ0n) is 18.3. The van der Waals surface area contributed by atoms with Gasteiger partial charge in [-0.15, -0.1) is 11.3 Å². The molecular formula is C27H22N4O2S. The zero-order chi connectivity index (χ0) is 23.2. The number of hydrogen-bond donors (Lipinski definition) is 1. The second-order valence-corrected chi connectivity index (χ2v) is 8.63. The van der Waals surface area contributed by atoms with E-state index in [1.54, 1.807) is 29.9 Å². The molecule has 3 aromatic heterocycles. The van der Waals surface area contributed by atoms with Gasteiger partial charge in [-0.3, -0.25) is 14.5 Å². The highest BCUT2D eigenvalue weighted by atomic mass is 32.1. The van der Waals surface area contributed by atoms with Gasteiger partial charge in [-0.25, -0.2) is 0 Å². The van der Waals surface area contributed by atoms with Crippen molar-refractivity contribution in [1.29, 1.82) is 0 Å². The molecule has 0 fully saturated rings. The van der Waals surface area contributed by atoms with Crippen LogP contribution < -0.4 is 10.1 Å². The Hall–Kier alpha value is -4.23. The molecule has 3 heterocycles. The normalized spacial score (nSPS) is 10.7. The van der Waals surface area contributed by atoms with E-state index in [0.29, 0.717) is 35.8 Å². The fourth-order valence-corrected chi connectivity index (χ4v) is 4.27. The third-order valence-electron chi connectivity index (χ3n) is 5.17. The highest BCUT2D eigenvalue weighted by Crippen LogP contribution is 2.28. The van der Waals surface area contributed by atoms with Gasteiger partial charge >= 0.3 is 0 Å². The molecule has 34 heavy (non-hydrogen) atoms. The van der Waals surface area contributed by atoms with Gasteiger partial charge in [0.2, 0.25) is 0 Å². The predicted molar refractivity (Wildman–Crippen MR) is 134 cm³/mol. The van der Waals surface area contributed by atoms with Crippen LogP contribution in [-0.4, -0.2) is 20.7 Å². The molecule has 6 nitrogen and oxygen atoms in total. The van der Waals surface area contributed by atoms with E-state index in [4.69, 9.17) is 9.84 Å². The molecule has 0 aliphatic heterocycles. The van der Waals surface area contributed by atoms with Crippen molar-refractivity contribution in [2.24, 2.45) is 0 Å². The molecule has 168 valence electrons. The van der Waals surface area contributed by atoms with Crippen molar-refractivity contribution in [2.75, 3.05) is 5.32 Å². The lowest BCUT2D eigenvalue weighted by Gasteiger charge is -2.09. The summed E-state index contributed by atoms with van der Waals surface area (Å²) in [6.07, 6.45) is 5.30. The second-order valence-electron chi connectivity index (χ2n) is 7.68. The maximum absolute atomic E-state index is 13.3. The van der Waals surface area contributed by atoms with E-state index in [9.17, 15) is 4.79 Å². The minimum atomic E-state index is -0.216. The van der Waals surface area contributed by atoms with Crippen molar-refractivity contribution in [3.63, 3.8) is 0 Å². The molecule has 0 saturated heterocycles. The molecule has 0 saturated carbocycles. The number of benzene rings is 2. The van der Waals surface area contributed by atoms with Gasteiger partial charge in [-0.1, -0.05) is 48.5 Å². The molecular weight excluding hydrogens is 444 g/mol. The molecule has 0 unspecified atom stereocenters. The summed E-state index contributed by atoms with van der Waals surface area (Å²) in [7, 11) is 0. The molecule has 0 spiro atoms. The van der Waals surface area contributed by atoms with Gasteiger partial charge < -0.3 is 10.1 Å². The Morgan fingerprint density at radius 2 is 1.85 bits per heavy atom. The van der Waals surface area contributed by atoms with E-state index in [-0.39, 0.29) is 5.91 Å². The Kier molecular flexibility index (Phi) is 6.45. The summed E-state index contributed by atoms with van der Waals surface area (Å²) < 4.78 is 7.68. The number of rotatable bonds is 8. The first-order chi connectivity index (χ1) is 16.7. The van der Waals surface area contributed by atoms with Crippen LogP contribution in [0.4, 0.5) is 5.69 Å². The minimum Gasteiger partial charge on any atom is -0.489 e. The SMILES string of the molecule is O=C(Nc1cccc(OCc2cccnc2)c1)c1cn(Cc2ccccc2)nc1-c1cccs1. The number of carbonyl (C=O) groups excluding carboxylic acids is 1. The lowest BCUT2D eigenvalue weighted by atomic mass is 10.2. The molecule has 0 aliphatic rings. The fourth-order valence-electron chi connectivity index (χ4n) is 3.55. The number of nitrogens with zero attached hydrogens (tertiary/aromatic N) is 3. The standard InChI is InChI=1S/C27H22N4O2S/c32-27(29-22-10-4-11-23(15-22)33-19-21-9-5-13-28-16-21)24-18-31(17-20-7-2-1-3-8-20)30-26(24)25-12-6-14-34-25/h1-16,18H,17,19H2,(H,29,32). The van der Waals surface area contributed by atoms with E-state index >= 15 is 0 Å². The average Bonchev–Trinajstić information content (AvgIpc) is 3.55. The summed E-state index contributed by atoms with van der Waals surface area (Å²) in [6.45, 7) is 0.990. The Bertz CT molecular complexity index is 1370. The zero-order valence-corrected chi connectivity index (χ0v) is 19.1. The number of amides is 1. The largest absolute Gasteiger partial charge is 0.489 e. The maximum Gasteiger partial charge on any atom is 0.259 e. The number of aromatic nitrogens is 3. The van der Waals surface area contributed by atoms with Crippen LogP contribution in [0.2, 0.25) is 0 Å². The predicted octanol–water partition coefficient (Wildman–Crippen LogP) is 5.89. The van der Waals surface area contributed by atoms with Crippen molar-refractivity contribution in [3.05, 3.63) is 120 Å². The molecule has 0 atom stereocenters. The van der Waals surface area contributed by atoms with E-state index < -0.39 is 0 Å². The van der Waals surface area contributed by atoms with Crippen LogP contribution in [0, 0.1) is 0 Å². The van der Waals surface area contributed by atoms with E-state index in [1.807, 2.05) is 88.9 Å². The van der Waals surface area contributed by atoms with Crippen LogP contribution in [-0.2, 0) is 13.2 Å². The number of anilines is 1. The third-order valence-corrected chi connectivity index (χ3v) is 6.05. The van der Waals surface area contributed by atoms with Gasteiger partial charge in [-0.05, 0) is 35.2 Å². The van der Waals surface area contributed by atoms with E-state index in [0.717, 1.165) is 16.0 Å². The Labute approximate surface area is 201 Å². The summed E-state index contributed by atoms with van der Waals surface area (Å²) in [5.41, 5.74) is 3.95. The fraction of sp³-hybridized carbons (Fsp3) is 0.0741. The number of pyridine rings is 1. The van der Waals surface area contributed by atoms with Crippen LogP contribution in [0.1, 0.15) is 21.5 Å². The number of thiophene rings is 1. The van der Waals surface area contributed by atoms with Gasteiger partial charge in [0.05, 0.1) is 17.0 Å². The Morgan fingerprint density at radius 3 is 2.65 bits per heavy atom. The van der Waals surface area contributed by atoms with Gasteiger partial charge in [0.1, 0.15) is 18.1 Å². The summed E-state index contributed by atoms with van der Waals surface area (Å²) in [5.74, 6) is 0.451. The first-order valence-corrected chi connectivity index (χ1v) is 11.7. The van der Waals surface area contributed by atoms with Crippen LogP contribution in [0.3, 0.4) is 0 Å². The van der Waals surface area contributed by atoms with Crippen molar-refractivity contribution >= 4 is 22.9 Å². The van der Waals surface area contributed by atoms with Crippen LogP contribution >= 0.6 is 11.3 Å². The van der Waals surface area contributed by atoms with E-state index in [1.165, 1.54) is 0 Å². The molecule has 2 aromatic carbocycles. The second kappa shape index (κ2) is 10.1. The van der Waals surface area contributed by atoms with Crippen molar-refractivity contribution in [1.82, 2.24) is 14.8 Å². The number of nitrogens with one attached hydrogen (secondary N) is 1. The summed E-state index contributed by atoms with van der Waals surface area (Å²) in [6, 6.07) is 25.2. The van der Waals surface area contributed by atoms with Gasteiger partial charge in [0.25, 0.3) is 5.91 Å². The topological polar surface area (TPSA) is 69.0 Å². The molecule has 7 heteroatoms. The molecule has 0 radical (unpaired) electrons. The maximum atomic E-state index is 13.3. The van der Waals surface area contributed by atoms with Gasteiger partial charge in [-0.2, -0.15) is 5.10 Å². The summed E-state index contributed by atoms with van der Waals surface area (Å²) >= 11 is 1.56. The first kappa shape index (κ1) is 21.6. The molecule has 1 N–H and O–H groups in total. The van der Waals surface area contributed by atoms with Gasteiger partial charge in [0, 0.05) is 35.9 Å². The molecule has 1 amide bonds. The van der Waals surface area contributed by atoms with Crippen LogP contribution in [0.15, 0.2) is 103 Å². The minimum absolute atomic E-state index is 0.216. The number of hydrogen-bond acceptors (Lipinski definition) is 5. The van der Waals surface area contributed by atoms with E-state index in [2.05, 4.69) is 10.3 Å². The highest BCUT2D eigenvalue weighted by Gasteiger charge is 2.19. The van der Waals surface area contributed by atoms with Crippen molar-refractivity contribution < 1.29 is 9.53 Å². The number of ether oxygens (including phenoxy) is 1. The molecule has 5 aromatic rings. The van der Waals surface area contributed by atoms with Crippen molar-refractivity contribution in [2.45, 2.75) is 13.2 Å². The van der Waals surface area contributed by atoms with Crippen LogP contribution in [0.25, 0.3) is 10.6 Å². The molecule has 0 bridgehead atoms. The molecule has 0 aliphatic carbocycles. The lowest BCUT2D eigenvalue weighted by molar-refractivity contribution is 0.102. The van der Waals surface area contributed by atoms with Crippen LogP contribution in [0.5, 0.6) is 5.75 Å². The smallest absolute Gasteiger partial charge is 0.259 e. The summed E-state index contributed by atoms with van der Waals surface area (Å²) in [4.78, 5) is 18.3. The van der Waals surface area contributed by atoms with Gasteiger partial charge in [0.15, 0.2) is 0 Å². The molecule has 5 rings (SSSR count). The average molecular weight is 467 g/mol. The third kappa shape index (κ3) is 5.22.